The fourth-order valence-electron chi connectivity index (χ4n) is 3.49. The van der Waals surface area contributed by atoms with E-state index in [4.69, 9.17) is 16.3 Å². The number of rotatable bonds is 6. The zero-order chi connectivity index (χ0) is 21.8. The van der Waals surface area contributed by atoms with Crippen LogP contribution in [0, 0.1) is 20.8 Å². The summed E-state index contributed by atoms with van der Waals surface area (Å²) in [6, 6.07) is 13.0. The van der Waals surface area contributed by atoms with E-state index in [1.807, 2.05) is 0 Å². The lowest BCUT2D eigenvalue weighted by atomic mass is 9.98. The molecule has 0 aliphatic heterocycles. The van der Waals surface area contributed by atoms with Crippen LogP contribution in [-0.2, 0) is 6.42 Å². The lowest BCUT2D eigenvalue weighted by molar-refractivity contribution is 0.102. The molecule has 0 bridgehead atoms. The molecular formula is C24H24ClNO4. The van der Waals surface area contributed by atoms with Crippen LogP contribution in [0.3, 0.4) is 0 Å². The van der Waals surface area contributed by atoms with Gasteiger partial charge in [0.15, 0.2) is 0 Å². The molecule has 0 atom stereocenters. The summed E-state index contributed by atoms with van der Waals surface area (Å²) in [7, 11) is 0. The Morgan fingerprint density at radius 1 is 1.00 bits per heavy atom. The molecule has 0 unspecified atom stereocenters. The second-order valence-electron chi connectivity index (χ2n) is 7.27. The first-order valence-corrected chi connectivity index (χ1v) is 9.95. The van der Waals surface area contributed by atoms with Crippen LogP contribution in [0.2, 0.25) is 5.02 Å². The van der Waals surface area contributed by atoms with Gasteiger partial charge >= 0.3 is 0 Å². The van der Waals surface area contributed by atoms with Gasteiger partial charge in [0.1, 0.15) is 17.2 Å². The SMILES string of the molecule is Cc1cc(C)c(CCOc2ccc(O)cc2NC(=O)c2cc(Cl)ccc2O)c(C)c1. The Labute approximate surface area is 180 Å². The molecule has 3 rings (SSSR count). The largest absolute Gasteiger partial charge is 0.508 e. The van der Waals surface area contributed by atoms with Crippen molar-refractivity contribution >= 4 is 23.2 Å². The average molecular weight is 426 g/mol. The van der Waals surface area contributed by atoms with Crippen molar-refractivity contribution in [3.05, 3.63) is 81.4 Å². The molecule has 0 saturated heterocycles. The van der Waals surface area contributed by atoms with E-state index < -0.39 is 5.91 Å². The van der Waals surface area contributed by atoms with Crippen LogP contribution >= 0.6 is 11.6 Å². The molecule has 0 aliphatic carbocycles. The highest BCUT2D eigenvalue weighted by Crippen LogP contribution is 2.31. The smallest absolute Gasteiger partial charge is 0.259 e. The van der Waals surface area contributed by atoms with Gasteiger partial charge in [-0.1, -0.05) is 29.3 Å². The first-order valence-electron chi connectivity index (χ1n) is 9.57. The number of ether oxygens (including phenoxy) is 1. The Bertz CT molecular complexity index is 1070. The number of hydrogen-bond donors (Lipinski definition) is 3. The van der Waals surface area contributed by atoms with E-state index in [2.05, 4.69) is 38.2 Å². The van der Waals surface area contributed by atoms with Crippen molar-refractivity contribution in [2.75, 3.05) is 11.9 Å². The summed E-state index contributed by atoms with van der Waals surface area (Å²) in [5, 5.41) is 22.8. The fourth-order valence-corrected chi connectivity index (χ4v) is 3.66. The standard InChI is InChI=1S/C24H24ClNO4/c1-14-10-15(2)19(16(3)11-14)8-9-30-23-7-5-18(27)13-21(23)26-24(29)20-12-17(25)4-6-22(20)28/h4-7,10-13,27-28H,8-9H2,1-3H3,(H,26,29). The minimum absolute atomic E-state index is 0.0156. The van der Waals surface area contributed by atoms with Gasteiger partial charge in [-0.2, -0.15) is 0 Å². The second-order valence-corrected chi connectivity index (χ2v) is 7.71. The molecule has 6 heteroatoms. The monoisotopic (exact) mass is 425 g/mol. The van der Waals surface area contributed by atoms with Crippen molar-refractivity contribution in [2.45, 2.75) is 27.2 Å². The summed E-state index contributed by atoms with van der Waals surface area (Å²) in [4.78, 5) is 12.6. The van der Waals surface area contributed by atoms with Crippen LogP contribution < -0.4 is 10.1 Å². The molecule has 1 amide bonds. The van der Waals surface area contributed by atoms with Crippen molar-refractivity contribution in [3.8, 4) is 17.2 Å². The Morgan fingerprint density at radius 3 is 2.40 bits per heavy atom. The number of carbonyl (C=O) groups is 1. The summed E-state index contributed by atoms with van der Waals surface area (Å²) in [5.74, 6) is -0.344. The highest BCUT2D eigenvalue weighted by Gasteiger charge is 2.15. The molecule has 0 spiro atoms. The van der Waals surface area contributed by atoms with Gasteiger partial charge < -0.3 is 20.3 Å². The van der Waals surface area contributed by atoms with Crippen LogP contribution in [0.1, 0.15) is 32.6 Å². The number of phenolic OH excluding ortho intramolecular Hbond substituents is 2. The molecule has 5 nitrogen and oxygen atoms in total. The number of carbonyl (C=O) groups excluding carboxylic acids is 1. The molecule has 156 valence electrons. The molecule has 30 heavy (non-hydrogen) atoms. The third-order valence-corrected chi connectivity index (χ3v) is 5.10. The Hall–Kier alpha value is -3.18. The quantitative estimate of drug-likeness (QED) is 0.483. The maximum Gasteiger partial charge on any atom is 0.259 e. The van der Waals surface area contributed by atoms with E-state index in [0.717, 1.165) is 0 Å². The number of amides is 1. The number of anilines is 1. The Morgan fingerprint density at radius 2 is 1.70 bits per heavy atom. The number of aryl methyl sites for hydroxylation is 3. The number of phenols is 2. The maximum absolute atomic E-state index is 12.6. The van der Waals surface area contributed by atoms with Gasteiger partial charge in [-0.25, -0.2) is 0 Å². The van der Waals surface area contributed by atoms with E-state index in [1.54, 1.807) is 6.07 Å². The number of halogens is 1. The minimum Gasteiger partial charge on any atom is -0.508 e. The summed E-state index contributed by atoms with van der Waals surface area (Å²) in [6.07, 6.45) is 0.710. The van der Waals surface area contributed by atoms with E-state index in [1.165, 1.54) is 52.6 Å². The van der Waals surface area contributed by atoms with Crippen molar-refractivity contribution in [1.82, 2.24) is 0 Å². The molecular weight excluding hydrogens is 402 g/mol. The molecule has 3 aromatic carbocycles. The van der Waals surface area contributed by atoms with Gasteiger partial charge in [0, 0.05) is 17.5 Å². The van der Waals surface area contributed by atoms with Gasteiger partial charge in [-0.05, 0) is 67.8 Å². The summed E-state index contributed by atoms with van der Waals surface area (Å²) >= 11 is 5.93. The third kappa shape index (κ3) is 5.05. The first kappa shape index (κ1) is 21.5. The molecule has 0 fully saturated rings. The highest BCUT2D eigenvalue weighted by molar-refractivity contribution is 6.31. The summed E-state index contributed by atoms with van der Waals surface area (Å²) in [5.41, 5.74) is 5.22. The summed E-state index contributed by atoms with van der Waals surface area (Å²) < 4.78 is 5.91. The van der Waals surface area contributed by atoms with Crippen molar-refractivity contribution in [2.24, 2.45) is 0 Å². The van der Waals surface area contributed by atoms with Crippen molar-refractivity contribution in [3.63, 3.8) is 0 Å². The fraction of sp³-hybridized carbons (Fsp3) is 0.208. The maximum atomic E-state index is 12.6. The molecule has 0 aromatic heterocycles. The number of nitrogens with one attached hydrogen (secondary N) is 1. The van der Waals surface area contributed by atoms with Gasteiger partial charge in [0.05, 0.1) is 17.9 Å². The van der Waals surface area contributed by atoms with Crippen LogP contribution in [-0.4, -0.2) is 22.7 Å². The topological polar surface area (TPSA) is 78.8 Å². The predicted molar refractivity (Wildman–Crippen MR) is 119 cm³/mol. The lowest BCUT2D eigenvalue weighted by Crippen LogP contribution is -2.14. The van der Waals surface area contributed by atoms with Gasteiger partial charge in [-0.15, -0.1) is 0 Å². The van der Waals surface area contributed by atoms with Crippen LogP contribution in [0.5, 0.6) is 17.2 Å². The van der Waals surface area contributed by atoms with E-state index >= 15 is 0 Å². The predicted octanol–water partition coefficient (Wildman–Crippen LogP) is 5.55. The van der Waals surface area contributed by atoms with E-state index in [9.17, 15) is 15.0 Å². The van der Waals surface area contributed by atoms with E-state index in [0.29, 0.717) is 29.5 Å². The second kappa shape index (κ2) is 9.09. The first-order chi connectivity index (χ1) is 14.2. The zero-order valence-electron chi connectivity index (χ0n) is 17.1. The third-order valence-electron chi connectivity index (χ3n) is 4.86. The molecule has 0 aliphatic rings. The molecule has 0 saturated carbocycles. The van der Waals surface area contributed by atoms with Crippen molar-refractivity contribution in [1.29, 1.82) is 0 Å². The molecule has 3 aromatic rings. The lowest BCUT2D eigenvalue weighted by Gasteiger charge is -2.15. The van der Waals surface area contributed by atoms with Crippen LogP contribution in [0.25, 0.3) is 0 Å². The minimum atomic E-state index is -0.560. The van der Waals surface area contributed by atoms with Crippen LogP contribution in [0.15, 0.2) is 48.5 Å². The average Bonchev–Trinajstić information content (AvgIpc) is 2.67. The highest BCUT2D eigenvalue weighted by atomic mass is 35.5. The number of benzene rings is 3. The number of hydrogen-bond acceptors (Lipinski definition) is 4. The Kier molecular flexibility index (Phi) is 6.53. The molecule has 0 heterocycles. The van der Waals surface area contributed by atoms with Gasteiger partial charge in [0.25, 0.3) is 5.91 Å². The number of aromatic hydroxyl groups is 2. The summed E-state index contributed by atoms with van der Waals surface area (Å²) in [6.45, 7) is 6.64. The zero-order valence-corrected chi connectivity index (χ0v) is 17.9. The molecule has 3 N–H and O–H groups in total. The van der Waals surface area contributed by atoms with E-state index in [-0.39, 0.29) is 17.1 Å². The van der Waals surface area contributed by atoms with Crippen LogP contribution in [0.4, 0.5) is 5.69 Å². The Balaban J connectivity index is 1.76. The van der Waals surface area contributed by atoms with Crippen molar-refractivity contribution < 1.29 is 19.7 Å². The van der Waals surface area contributed by atoms with Gasteiger partial charge in [0.2, 0.25) is 0 Å². The van der Waals surface area contributed by atoms with Gasteiger partial charge in [-0.3, -0.25) is 4.79 Å². The normalized spacial score (nSPS) is 10.7. The molecule has 0 radical (unpaired) electrons.